The van der Waals surface area contributed by atoms with Gasteiger partial charge in [-0.05, 0) is 128 Å². The maximum absolute atomic E-state index is 5.00. The number of hydrogen-bond donors (Lipinski definition) is 2. The van der Waals surface area contributed by atoms with Crippen LogP contribution in [-0.4, -0.2) is 21.2 Å². The Morgan fingerprint density at radius 2 is 1.13 bits per heavy atom. The molecule has 5 aromatic rings. The molecule has 0 amide bonds. The van der Waals surface area contributed by atoms with Gasteiger partial charge >= 0.3 is 0 Å². The highest BCUT2D eigenvalue weighted by Gasteiger charge is 2.21. The van der Waals surface area contributed by atoms with E-state index >= 15 is 0 Å². The molecule has 6 nitrogen and oxygen atoms in total. The summed E-state index contributed by atoms with van der Waals surface area (Å²) in [5, 5.41) is 8.50. The van der Waals surface area contributed by atoms with Crippen LogP contribution in [0.5, 0.6) is 0 Å². The molecule has 3 heterocycles. The van der Waals surface area contributed by atoms with E-state index in [1.165, 1.54) is 44.5 Å². The van der Waals surface area contributed by atoms with Crippen molar-refractivity contribution in [2.24, 2.45) is 4.99 Å². The Labute approximate surface area is 268 Å². The summed E-state index contributed by atoms with van der Waals surface area (Å²) in [7, 11) is 0. The summed E-state index contributed by atoms with van der Waals surface area (Å²) in [5.41, 5.74) is 14.5. The summed E-state index contributed by atoms with van der Waals surface area (Å²) >= 11 is 0. The third-order valence-corrected chi connectivity index (χ3v) is 8.43. The SMILES string of the molecule is CCc1c(CN=Cc2ccc3ccccc3n2)c(CC)c(CNc2cc(C)cc(C)n2)c(CC)c1CNc1cc(C)cc(C)n1. The molecule has 2 N–H and O–H groups in total. The van der Waals surface area contributed by atoms with E-state index in [1.54, 1.807) is 0 Å². The first-order chi connectivity index (χ1) is 21.8. The normalized spacial score (nSPS) is 11.4. The summed E-state index contributed by atoms with van der Waals surface area (Å²) in [6.07, 6.45) is 4.73. The predicted molar refractivity (Wildman–Crippen MR) is 190 cm³/mol. The summed E-state index contributed by atoms with van der Waals surface area (Å²) < 4.78 is 0. The highest BCUT2D eigenvalue weighted by molar-refractivity contribution is 5.85. The van der Waals surface area contributed by atoms with Crippen molar-refractivity contribution in [2.75, 3.05) is 10.6 Å². The van der Waals surface area contributed by atoms with Crippen molar-refractivity contribution in [3.63, 3.8) is 0 Å². The molecule has 0 fully saturated rings. The van der Waals surface area contributed by atoms with Crippen LogP contribution >= 0.6 is 0 Å². The molecule has 0 aliphatic rings. The van der Waals surface area contributed by atoms with Gasteiger partial charge in [-0.15, -0.1) is 0 Å². The number of rotatable bonds is 12. The molecule has 0 bridgehead atoms. The molecule has 45 heavy (non-hydrogen) atoms. The van der Waals surface area contributed by atoms with Crippen molar-refractivity contribution >= 4 is 28.8 Å². The van der Waals surface area contributed by atoms with Crippen molar-refractivity contribution in [3.8, 4) is 0 Å². The molecule has 0 aliphatic carbocycles. The number of aryl methyl sites for hydroxylation is 4. The Bertz CT molecular complexity index is 1710. The van der Waals surface area contributed by atoms with E-state index in [-0.39, 0.29) is 0 Å². The van der Waals surface area contributed by atoms with E-state index in [0.717, 1.165) is 58.9 Å². The summed E-state index contributed by atoms with van der Waals surface area (Å²) in [4.78, 5) is 19.4. The van der Waals surface area contributed by atoms with Crippen molar-refractivity contribution in [2.45, 2.75) is 87.4 Å². The van der Waals surface area contributed by atoms with Gasteiger partial charge in [0.25, 0.3) is 0 Å². The fourth-order valence-electron chi connectivity index (χ4n) is 6.60. The molecule has 0 radical (unpaired) electrons. The van der Waals surface area contributed by atoms with Gasteiger partial charge in [-0.25, -0.2) is 15.0 Å². The van der Waals surface area contributed by atoms with Crippen LogP contribution in [0.4, 0.5) is 11.6 Å². The number of para-hydroxylation sites is 1. The van der Waals surface area contributed by atoms with Crippen LogP contribution in [0.15, 0.2) is 65.7 Å². The highest BCUT2D eigenvalue weighted by Crippen LogP contribution is 2.32. The molecule has 0 spiro atoms. The van der Waals surface area contributed by atoms with Crippen LogP contribution < -0.4 is 10.6 Å². The Kier molecular flexibility index (Phi) is 10.2. The largest absolute Gasteiger partial charge is 0.366 e. The first-order valence-electron chi connectivity index (χ1n) is 16.2. The summed E-state index contributed by atoms with van der Waals surface area (Å²) in [5.74, 6) is 1.83. The van der Waals surface area contributed by atoms with E-state index in [4.69, 9.17) is 19.9 Å². The fraction of sp³-hybridized carbons (Fsp3) is 0.333. The molecule has 0 saturated heterocycles. The number of benzene rings is 2. The maximum atomic E-state index is 5.00. The van der Waals surface area contributed by atoms with E-state index in [9.17, 15) is 0 Å². The molecular formula is C39H46N6. The fourth-order valence-corrected chi connectivity index (χ4v) is 6.60. The predicted octanol–water partition coefficient (Wildman–Crippen LogP) is 8.79. The molecule has 232 valence electrons. The minimum absolute atomic E-state index is 0.606. The Morgan fingerprint density at radius 3 is 1.67 bits per heavy atom. The van der Waals surface area contributed by atoms with Crippen molar-refractivity contribution < 1.29 is 0 Å². The number of aromatic nitrogens is 3. The third-order valence-electron chi connectivity index (χ3n) is 8.43. The van der Waals surface area contributed by atoms with Gasteiger partial charge in [-0.2, -0.15) is 0 Å². The van der Waals surface area contributed by atoms with Crippen LogP contribution in [0.3, 0.4) is 0 Å². The smallest absolute Gasteiger partial charge is 0.126 e. The second kappa shape index (κ2) is 14.5. The zero-order valence-electron chi connectivity index (χ0n) is 27.9. The van der Waals surface area contributed by atoms with Gasteiger partial charge in [0, 0.05) is 36.1 Å². The van der Waals surface area contributed by atoms with Gasteiger partial charge in [0.2, 0.25) is 0 Å². The van der Waals surface area contributed by atoms with Gasteiger partial charge in [-0.3, -0.25) is 4.99 Å². The maximum Gasteiger partial charge on any atom is 0.126 e. The minimum atomic E-state index is 0.606. The van der Waals surface area contributed by atoms with Gasteiger partial charge in [0.1, 0.15) is 11.6 Å². The average molecular weight is 599 g/mol. The lowest BCUT2D eigenvalue weighted by atomic mass is 9.83. The number of nitrogens with zero attached hydrogens (tertiary/aromatic N) is 4. The number of pyridine rings is 3. The van der Waals surface area contributed by atoms with E-state index < -0.39 is 0 Å². The number of aliphatic imine (C=N–C) groups is 1. The molecule has 3 aromatic heterocycles. The van der Waals surface area contributed by atoms with Gasteiger partial charge in [0.05, 0.1) is 17.8 Å². The minimum Gasteiger partial charge on any atom is -0.366 e. The number of hydrogen-bond acceptors (Lipinski definition) is 6. The zero-order chi connectivity index (χ0) is 31.9. The van der Waals surface area contributed by atoms with Crippen LogP contribution in [0.1, 0.15) is 82.4 Å². The second-order valence-electron chi connectivity index (χ2n) is 11.9. The lowest BCUT2D eigenvalue weighted by Gasteiger charge is -2.26. The monoisotopic (exact) mass is 598 g/mol. The lowest BCUT2D eigenvalue weighted by molar-refractivity contribution is 0.870. The molecule has 2 aromatic carbocycles. The quantitative estimate of drug-likeness (QED) is 0.140. The first-order valence-corrected chi connectivity index (χ1v) is 16.2. The van der Waals surface area contributed by atoms with Crippen molar-refractivity contribution in [3.05, 3.63) is 122 Å². The summed E-state index contributed by atoms with van der Waals surface area (Å²) in [6, 6.07) is 20.8. The molecular weight excluding hydrogens is 552 g/mol. The number of fused-ring (bicyclic) bond motifs is 1. The van der Waals surface area contributed by atoms with Crippen molar-refractivity contribution in [1.29, 1.82) is 0 Å². The molecule has 0 saturated carbocycles. The molecule has 0 unspecified atom stereocenters. The van der Waals surface area contributed by atoms with Crippen molar-refractivity contribution in [1.82, 2.24) is 15.0 Å². The molecule has 0 atom stereocenters. The second-order valence-corrected chi connectivity index (χ2v) is 11.9. The topological polar surface area (TPSA) is 75.1 Å². The van der Waals surface area contributed by atoms with E-state index in [2.05, 4.69) is 95.5 Å². The van der Waals surface area contributed by atoms with E-state index in [1.807, 2.05) is 30.5 Å². The number of anilines is 2. The Balaban J connectivity index is 1.56. The Morgan fingerprint density at radius 1 is 0.600 bits per heavy atom. The van der Waals surface area contributed by atoms with E-state index in [0.29, 0.717) is 19.6 Å². The van der Waals surface area contributed by atoms with Crippen LogP contribution in [-0.2, 0) is 38.9 Å². The number of nitrogens with one attached hydrogen (secondary N) is 2. The lowest BCUT2D eigenvalue weighted by Crippen LogP contribution is -2.18. The zero-order valence-corrected chi connectivity index (χ0v) is 27.9. The third kappa shape index (κ3) is 7.56. The molecule has 5 rings (SSSR count). The average Bonchev–Trinajstić information content (AvgIpc) is 3.01. The molecule has 6 heteroatoms. The Hall–Kier alpha value is -4.58. The van der Waals surface area contributed by atoms with Gasteiger partial charge in [-0.1, -0.05) is 45.0 Å². The van der Waals surface area contributed by atoms with Crippen LogP contribution in [0.2, 0.25) is 0 Å². The highest BCUT2D eigenvalue weighted by atomic mass is 15.0. The van der Waals surface area contributed by atoms with Gasteiger partial charge in [0.15, 0.2) is 0 Å². The van der Waals surface area contributed by atoms with Crippen LogP contribution in [0, 0.1) is 27.7 Å². The van der Waals surface area contributed by atoms with Crippen LogP contribution in [0.25, 0.3) is 10.9 Å². The first kappa shape index (κ1) is 31.8. The standard InChI is InChI=1S/C39H46N6/c1-8-31-34(22-40-21-30-16-15-29-13-11-12-14-37(29)45-30)32(9-2)36(24-42-39-20-26(5)18-28(7)44-39)33(10-3)35(31)23-41-38-19-25(4)17-27(6)43-38/h11-21H,8-10,22-24H2,1-7H3,(H,41,43)(H,42,44). The molecule has 0 aliphatic heterocycles. The summed E-state index contributed by atoms with van der Waals surface area (Å²) in [6.45, 7) is 17.2. The van der Waals surface area contributed by atoms with Gasteiger partial charge < -0.3 is 10.6 Å².